The average molecular weight is 408 g/mol. The van der Waals surface area contributed by atoms with Gasteiger partial charge in [0.05, 0.1) is 11.7 Å². The van der Waals surface area contributed by atoms with E-state index in [4.69, 9.17) is 0 Å². The monoisotopic (exact) mass is 407 g/mol. The zero-order valence-electron chi connectivity index (χ0n) is 16.4. The van der Waals surface area contributed by atoms with Crippen LogP contribution in [0.5, 0.6) is 0 Å². The highest BCUT2D eigenvalue weighted by Crippen LogP contribution is 2.22. The van der Waals surface area contributed by atoms with Crippen LogP contribution in [0.15, 0.2) is 24.3 Å². The smallest absolute Gasteiger partial charge is 0.253 e. The van der Waals surface area contributed by atoms with Gasteiger partial charge in [-0.05, 0) is 50.3 Å². The fourth-order valence-electron chi connectivity index (χ4n) is 3.87. The lowest BCUT2D eigenvalue weighted by Crippen LogP contribution is -2.44. The second kappa shape index (κ2) is 9.05. The molecule has 2 aliphatic heterocycles. The third-order valence-electron chi connectivity index (χ3n) is 5.38. The Bertz CT molecular complexity index is 818. The van der Waals surface area contributed by atoms with Crippen molar-refractivity contribution in [3.63, 3.8) is 0 Å². The number of sulfonamides is 1. The summed E-state index contributed by atoms with van der Waals surface area (Å²) in [6.45, 7) is 4.09. The zero-order chi connectivity index (χ0) is 20.1. The van der Waals surface area contributed by atoms with Gasteiger partial charge in [-0.1, -0.05) is 13.0 Å². The molecule has 0 spiro atoms. The molecular formula is C20H29N3O4S. The van der Waals surface area contributed by atoms with Crippen molar-refractivity contribution in [2.24, 2.45) is 5.92 Å². The normalized spacial score (nSPS) is 20.9. The second-order valence-corrected chi connectivity index (χ2v) is 9.67. The summed E-state index contributed by atoms with van der Waals surface area (Å²) in [5, 5.41) is 2.87. The van der Waals surface area contributed by atoms with Crippen LogP contribution in [0.3, 0.4) is 0 Å². The third kappa shape index (κ3) is 4.91. The molecule has 2 saturated heterocycles. The van der Waals surface area contributed by atoms with Gasteiger partial charge in [-0.25, -0.2) is 12.7 Å². The molecule has 0 radical (unpaired) electrons. The maximum atomic E-state index is 12.7. The second-order valence-electron chi connectivity index (χ2n) is 7.58. The first-order chi connectivity index (χ1) is 13.4. The molecule has 2 heterocycles. The van der Waals surface area contributed by atoms with Gasteiger partial charge in [0.1, 0.15) is 0 Å². The molecule has 0 bridgehead atoms. The van der Waals surface area contributed by atoms with Crippen LogP contribution in [0.25, 0.3) is 0 Å². The van der Waals surface area contributed by atoms with Crippen molar-refractivity contribution in [2.45, 2.75) is 39.0 Å². The molecule has 28 heavy (non-hydrogen) atoms. The average Bonchev–Trinajstić information content (AvgIpc) is 3.22. The number of rotatable bonds is 6. The molecule has 1 unspecified atom stereocenters. The van der Waals surface area contributed by atoms with Crippen LogP contribution in [-0.4, -0.2) is 61.4 Å². The number of piperidine rings is 1. The summed E-state index contributed by atoms with van der Waals surface area (Å²) in [6, 6.07) is 6.98. The van der Waals surface area contributed by atoms with E-state index < -0.39 is 10.0 Å². The Morgan fingerprint density at radius 3 is 2.61 bits per heavy atom. The predicted molar refractivity (Wildman–Crippen MR) is 109 cm³/mol. The standard InChI is InChI=1S/C20H29N3O4S/c1-2-13-28(26,27)23-12-6-8-17(15-23)19(24)21-18-9-5-7-16(14-18)20(25)22-10-3-4-11-22/h5,7,9,14,17H,2-4,6,8,10-13,15H2,1H3,(H,21,24). The summed E-state index contributed by atoms with van der Waals surface area (Å²) in [4.78, 5) is 27.1. The van der Waals surface area contributed by atoms with Crippen LogP contribution < -0.4 is 5.32 Å². The number of benzene rings is 1. The maximum Gasteiger partial charge on any atom is 0.253 e. The molecule has 0 aliphatic carbocycles. The quantitative estimate of drug-likeness (QED) is 0.784. The fourth-order valence-corrected chi connectivity index (χ4v) is 5.46. The summed E-state index contributed by atoms with van der Waals surface area (Å²) in [5.41, 5.74) is 1.14. The van der Waals surface area contributed by atoms with Crippen LogP contribution in [0, 0.1) is 5.92 Å². The van der Waals surface area contributed by atoms with Crippen molar-refractivity contribution in [1.29, 1.82) is 0 Å². The number of nitrogens with zero attached hydrogens (tertiary/aromatic N) is 2. The van der Waals surface area contributed by atoms with E-state index in [9.17, 15) is 18.0 Å². The predicted octanol–water partition coefficient (Wildman–Crippen LogP) is 2.31. The van der Waals surface area contributed by atoms with E-state index in [1.807, 2.05) is 11.8 Å². The number of anilines is 1. The largest absolute Gasteiger partial charge is 0.339 e. The summed E-state index contributed by atoms with van der Waals surface area (Å²) in [6.07, 6.45) is 3.96. The van der Waals surface area contributed by atoms with Crippen LogP contribution in [0.4, 0.5) is 5.69 Å². The van der Waals surface area contributed by atoms with Crippen LogP contribution >= 0.6 is 0 Å². The molecule has 154 valence electrons. The highest BCUT2D eigenvalue weighted by Gasteiger charge is 2.32. The number of likely N-dealkylation sites (tertiary alicyclic amines) is 1. The molecule has 7 nitrogen and oxygen atoms in total. The molecular weight excluding hydrogens is 378 g/mol. The molecule has 1 aromatic rings. The minimum atomic E-state index is -3.30. The van der Waals surface area contributed by atoms with Gasteiger partial charge < -0.3 is 10.2 Å². The molecule has 1 atom stereocenters. The van der Waals surface area contributed by atoms with Gasteiger partial charge >= 0.3 is 0 Å². The first-order valence-electron chi connectivity index (χ1n) is 10.1. The van der Waals surface area contributed by atoms with E-state index in [0.29, 0.717) is 37.1 Å². The first-order valence-corrected chi connectivity index (χ1v) is 11.7. The summed E-state index contributed by atoms with van der Waals surface area (Å²) < 4.78 is 26.1. The molecule has 2 aliphatic rings. The van der Waals surface area contributed by atoms with Gasteiger partial charge in [0, 0.05) is 37.4 Å². The molecule has 3 rings (SSSR count). The summed E-state index contributed by atoms with van der Waals surface area (Å²) in [5.74, 6) is -0.467. The SMILES string of the molecule is CCCS(=O)(=O)N1CCCC(C(=O)Nc2cccc(C(=O)N3CCCC3)c2)C1. The number of nitrogens with one attached hydrogen (secondary N) is 1. The Morgan fingerprint density at radius 2 is 1.89 bits per heavy atom. The van der Waals surface area contributed by atoms with Crippen molar-refractivity contribution in [2.75, 3.05) is 37.2 Å². The number of hydrogen-bond acceptors (Lipinski definition) is 4. The first kappa shape index (κ1) is 20.8. The molecule has 0 aromatic heterocycles. The minimum absolute atomic E-state index is 0.0110. The van der Waals surface area contributed by atoms with Gasteiger partial charge in [-0.2, -0.15) is 0 Å². The minimum Gasteiger partial charge on any atom is -0.339 e. The van der Waals surface area contributed by atoms with Gasteiger partial charge in [0.25, 0.3) is 5.91 Å². The Morgan fingerprint density at radius 1 is 1.14 bits per heavy atom. The molecule has 2 fully saturated rings. The van der Waals surface area contributed by atoms with Gasteiger partial charge in [-0.15, -0.1) is 0 Å². The van der Waals surface area contributed by atoms with Crippen molar-refractivity contribution in [3.05, 3.63) is 29.8 Å². The van der Waals surface area contributed by atoms with E-state index in [2.05, 4.69) is 5.32 Å². The fraction of sp³-hybridized carbons (Fsp3) is 0.600. The van der Waals surface area contributed by atoms with Gasteiger partial charge in [0.15, 0.2) is 0 Å². The topological polar surface area (TPSA) is 86.8 Å². The number of hydrogen-bond donors (Lipinski definition) is 1. The Balaban J connectivity index is 1.64. The van der Waals surface area contributed by atoms with Crippen LogP contribution in [0.1, 0.15) is 49.4 Å². The Kier molecular flexibility index (Phi) is 6.72. The van der Waals surface area contributed by atoms with Gasteiger partial charge in [0.2, 0.25) is 15.9 Å². The van der Waals surface area contributed by atoms with Gasteiger partial charge in [-0.3, -0.25) is 9.59 Å². The highest BCUT2D eigenvalue weighted by molar-refractivity contribution is 7.89. The van der Waals surface area contributed by atoms with Crippen LogP contribution in [0.2, 0.25) is 0 Å². The maximum absolute atomic E-state index is 12.7. The Labute approximate surface area is 167 Å². The van der Waals surface area contributed by atoms with E-state index in [1.54, 1.807) is 24.3 Å². The zero-order valence-corrected chi connectivity index (χ0v) is 17.2. The van der Waals surface area contributed by atoms with E-state index in [1.165, 1.54) is 4.31 Å². The summed E-state index contributed by atoms with van der Waals surface area (Å²) in [7, 11) is -3.30. The molecule has 0 saturated carbocycles. The Hall–Kier alpha value is -1.93. The van der Waals surface area contributed by atoms with E-state index in [0.717, 1.165) is 25.9 Å². The van der Waals surface area contributed by atoms with Crippen molar-refractivity contribution >= 4 is 27.5 Å². The highest BCUT2D eigenvalue weighted by atomic mass is 32.2. The van der Waals surface area contributed by atoms with Crippen LogP contribution in [-0.2, 0) is 14.8 Å². The lowest BCUT2D eigenvalue weighted by Gasteiger charge is -2.31. The van der Waals surface area contributed by atoms with E-state index in [-0.39, 0.29) is 30.0 Å². The molecule has 1 aromatic carbocycles. The van der Waals surface area contributed by atoms with Crippen molar-refractivity contribution in [3.8, 4) is 0 Å². The molecule has 1 N–H and O–H groups in total. The third-order valence-corrected chi connectivity index (χ3v) is 7.42. The lowest BCUT2D eigenvalue weighted by atomic mass is 9.98. The number of carbonyl (C=O) groups is 2. The number of amides is 2. The molecule has 8 heteroatoms. The summed E-state index contributed by atoms with van der Waals surface area (Å²) >= 11 is 0. The number of carbonyl (C=O) groups excluding carboxylic acids is 2. The van der Waals surface area contributed by atoms with Crippen molar-refractivity contribution < 1.29 is 18.0 Å². The lowest BCUT2D eigenvalue weighted by molar-refractivity contribution is -0.120. The van der Waals surface area contributed by atoms with E-state index >= 15 is 0 Å². The molecule has 2 amide bonds. The van der Waals surface area contributed by atoms with Crippen molar-refractivity contribution in [1.82, 2.24) is 9.21 Å².